The summed E-state index contributed by atoms with van der Waals surface area (Å²) in [5.41, 5.74) is 8.00. The summed E-state index contributed by atoms with van der Waals surface area (Å²) >= 11 is 0. The third kappa shape index (κ3) is 13.2. The van der Waals surface area contributed by atoms with Crippen molar-refractivity contribution < 1.29 is 4.79 Å². The standard InChI is InChI=1S/C36H51N3O.C7H14.C2H6/c1-6-9-21-39(34-13-10-12-27(4)22-34)36(40)26-38-25-32(24-33(38)18-14-28(5)37-20-8-3)30-17-19-35(29-15-16-29)31(23-30)11-7-2;1-2-7-5-3-4-6-7;1-2/h8,10,12-13,17,19-20,22-23,29,32-33H,6-7,9,11,14-16,18,21,24-26H2,1-5H3;7H,2-6H2,1H3;1-2H3/b20-8-,37-28?;;. The Morgan fingerprint density at radius 2 is 1.73 bits per heavy atom. The van der Waals surface area contributed by atoms with E-state index >= 15 is 0 Å². The fourth-order valence-electron chi connectivity index (χ4n) is 7.71. The van der Waals surface area contributed by atoms with E-state index in [2.05, 4.69) is 87.0 Å². The molecule has 2 aliphatic carbocycles. The number of carbonyl (C=O) groups excluding carboxylic acids is 1. The maximum atomic E-state index is 13.9. The van der Waals surface area contributed by atoms with Gasteiger partial charge in [0, 0.05) is 36.7 Å². The average molecular weight is 670 g/mol. The molecule has 2 saturated carbocycles. The molecule has 1 amide bonds. The molecule has 1 aliphatic heterocycles. The highest BCUT2D eigenvalue weighted by Crippen LogP contribution is 2.43. The van der Waals surface area contributed by atoms with E-state index in [0.29, 0.717) is 18.5 Å². The molecule has 49 heavy (non-hydrogen) atoms. The topological polar surface area (TPSA) is 35.9 Å². The number of amides is 1. The van der Waals surface area contributed by atoms with Crippen molar-refractivity contribution in [1.29, 1.82) is 0 Å². The third-order valence-corrected chi connectivity index (χ3v) is 10.7. The maximum Gasteiger partial charge on any atom is 0.241 e. The fraction of sp³-hybridized carbons (Fsp3) is 0.644. The molecule has 3 fully saturated rings. The summed E-state index contributed by atoms with van der Waals surface area (Å²) in [5.74, 6) is 2.58. The zero-order valence-electron chi connectivity index (χ0n) is 32.8. The summed E-state index contributed by atoms with van der Waals surface area (Å²) in [7, 11) is 0. The zero-order valence-corrected chi connectivity index (χ0v) is 32.8. The predicted molar refractivity (Wildman–Crippen MR) is 214 cm³/mol. The highest BCUT2D eigenvalue weighted by atomic mass is 16.2. The average Bonchev–Trinajstić information content (AvgIpc) is 3.66. The van der Waals surface area contributed by atoms with E-state index in [0.717, 1.165) is 68.4 Å². The van der Waals surface area contributed by atoms with E-state index in [1.54, 1.807) is 11.1 Å². The van der Waals surface area contributed by atoms with Crippen molar-refractivity contribution in [2.75, 3.05) is 24.5 Å². The Labute approximate surface area is 301 Å². The first-order valence-electron chi connectivity index (χ1n) is 20.2. The molecular formula is C45H71N3O. The lowest BCUT2D eigenvalue weighted by Crippen LogP contribution is -2.43. The number of aliphatic imine (C=N–C) groups is 1. The Hall–Kier alpha value is -2.72. The summed E-state index contributed by atoms with van der Waals surface area (Å²) in [5, 5.41) is 0. The smallest absolute Gasteiger partial charge is 0.241 e. The van der Waals surface area contributed by atoms with E-state index < -0.39 is 0 Å². The van der Waals surface area contributed by atoms with E-state index in [1.165, 1.54) is 68.9 Å². The van der Waals surface area contributed by atoms with Crippen molar-refractivity contribution in [3.8, 4) is 0 Å². The fourth-order valence-corrected chi connectivity index (χ4v) is 7.71. The molecule has 2 aromatic carbocycles. The Balaban J connectivity index is 0.000000633. The van der Waals surface area contributed by atoms with Gasteiger partial charge in [-0.1, -0.05) is 116 Å². The van der Waals surface area contributed by atoms with Gasteiger partial charge in [-0.3, -0.25) is 14.7 Å². The van der Waals surface area contributed by atoms with Crippen LogP contribution in [0.5, 0.6) is 0 Å². The van der Waals surface area contributed by atoms with Crippen LogP contribution in [-0.4, -0.2) is 42.2 Å². The van der Waals surface area contributed by atoms with Gasteiger partial charge >= 0.3 is 0 Å². The van der Waals surface area contributed by atoms with Gasteiger partial charge in [-0.2, -0.15) is 0 Å². The second kappa shape index (κ2) is 22.2. The van der Waals surface area contributed by atoms with Crippen LogP contribution in [-0.2, 0) is 11.2 Å². The van der Waals surface area contributed by atoms with Crippen LogP contribution in [0.2, 0.25) is 0 Å². The molecule has 4 heteroatoms. The lowest BCUT2D eigenvalue weighted by Gasteiger charge is -2.29. The highest BCUT2D eigenvalue weighted by Gasteiger charge is 2.35. The number of nitrogens with zero attached hydrogens (tertiary/aromatic N) is 3. The van der Waals surface area contributed by atoms with Gasteiger partial charge in [0.1, 0.15) is 0 Å². The Morgan fingerprint density at radius 3 is 2.35 bits per heavy atom. The minimum atomic E-state index is 0.222. The molecule has 0 aromatic heterocycles. The van der Waals surface area contributed by atoms with Crippen molar-refractivity contribution in [3.63, 3.8) is 0 Å². The number of likely N-dealkylation sites (tertiary alicyclic amines) is 1. The van der Waals surface area contributed by atoms with Gasteiger partial charge in [-0.05, 0) is 118 Å². The number of allylic oxidation sites excluding steroid dienone is 1. The molecule has 4 nitrogen and oxygen atoms in total. The van der Waals surface area contributed by atoms with Crippen LogP contribution in [0.4, 0.5) is 5.69 Å². The first kappa shape index (κ1) is 40.7. The molecule has 3 aliphatic rings. The van der Waals surface area contributed by atoms with E-state index in [9.17, 15) is 4.79 Å². The van der Waals surface area contributed by atoms with Gasteiger partial charge in [-0.25, -0.2) is 0 Å². The largest absolute Gasteiger partial charge is 0.311 e. The van der Waals surface area contributed by atoms with Crippen molar-refractivity contribution in [1.82, 2.24) is 4.90 Å². The number of benzene rings is 2. The number of carbonyl (C=O) groups is 1. The Morgan fingerprint density at radius 1 is 0.980 bits per heavy atom. The number of aryl methyl sites for hydroxylation is 2. The third-order valence-electron chi connectivity index (χ3n) is 10.7. The van der Waals surface area contributed by atoms with Gasteiger partial charge in [0.05, 0.1) is 6.54 Å². The molecule has 2 unspecified atom stereocenters. The minimum absolute atomic E-state index is 0.222. The lowest BCUT2D eigenvalue weighted by atomic mass is 9.89. The quantitative estimate of drug-likeness (QED) is 0.177. The monoisotopic (exact) mass is 670 g/mol. The summed E-state index contributed by atoms with van der Waals surface area (Å²) in [6, 6.07) is 16.1. The van der Waals surface area contributed by atoms with Gasteiger partial charge in [0.25, 0.3) is 0 Å². The van der Waals surface area contributed by atoms with Crippen LogP contribution in [0.3, 0.4) is 0 Å². The number of anilines is 1. The highest BCUT2D eigenvalue weighted by molar-refractivity contribution is 5.95. The van der Waals surface area contributed by atoms with Crippen LogP contribution < -0.4 is 4.90 Å². The number of hydrogen-bond acceptors (Lipinski definition) is 3. The molecule has 1 heterocycles. The second-order valence-electron chi connectivity index (χ2n) is 14.7. The summed E-state index contributed by atoms with van der Waals surface area (Å²) in [6.45, 7) is 19.2. The lowest BCUT2D eigenvalue weighted by molar-refractivity contribution is -0.120. The first-order chi connectivity index (χ1) is 23.9. The van der Waals surface area contributed by atoms with Crippen LogP contribution >= 0.6 is 0 Å². The minimum Gasteiger partial charge on any atom is -0.311 e. The molecule has 2 atom stereocenters. The molecule has 2 aromatic rings. The molecule has 0 radical (unpaired) electrons. The van der Waals surface area contributed by atoms with E-state index in [4.69, 9.17) is 0 Å². The van der Waals surface area contributed by atoms with Gasteiger partial charge in [0.2, 0.25) is 5.91 Å². The molecule has 0 bridgehead atoms. The zero-order chi connectivity index (χ0) is 35.6. The summed E-state index contributed by atoms with van der Waals surface area (Å²) in [6.07, 6.45) is 21.6. The number of rotatable bonds is 15. The van der Waals surface area contributed by atoms with Gasteiger partial charge in [-0.15, -0.1) is 0 Å². The molecule has 272 valence electrons. The van der Waals surface area contributed by atoms with E-state index in [1.807, 2.05) is 37.9 Å². The summed E-state index contributed by atoms with van der Waals surface area (Å²) < 4.78 is 0. The predicted octanol–water partition coefficient (Wildman–Crippen LogP) is 12.2. The van der Waals surface area contributed by atoms with Crippen molar-refractivity contribution in [3.05, 3.63) is 77.0 Å². The van der Waals surface area contributed by atoms with Crippen LogP contribution in [0.15, 0.2) is 59.7 Å². The van der Waals surface area contributed by atoms with Crippen molar-refractivity contribution in [2.24, 2.45) is 10.9 Å². The van der Waals surface area contributed by atoms with Gasteiger partial charge < -0.3 is 4.90 Å². The number of unbranched alkanes of at least 4 members (excludes halogenated alkanes) is 1. The van der Waals surface area contributed by atoms with Crippen molar-refractivity contribution >= 4 is 17.3 Å². The Bertz CT molecular complexity index is 1300. The molecule has 5 rings (SSSR count). The maximum absolute atomic E-state index is 13.9. The normalized spacial score (nSPS) is 19.8. The first-order valence-corrected chi connectivity index (χ1v) is 20.2. The van der Waals surface area contributed by atoms with Crippen molar-refractivity contribution in [2.45, 2.75) is 163 Å². The molecule has 0 N–H and O–H groups in total. The van der Waals surface area contributed by atoms with Crippen LogP contribution in [0.1, 0.15) is 166 Å². The SMILES string of the molecule is C/C=C\N=C(C)CCC1CC(c2ccc(C3CC3)c(CCC)c2)CN1CC(=O)N(CCCC)c1cccc(C)c1.CC.CCC1CCCC1. The number of hydrogen-bond donors (Lipinski definition) is 0. The van der Waals surface area contributed by atoms with Gasteiger partial charge in [0.15, 0.2) is 0 Å². The van der Waals surface area contributed by atoms with Crippen LogP contribution in [0.25, 0.3) is 0 Å². The molecular weight excluding hydrogens is 599 g/mol. The van der Waals surface area contributed by atoms with Crippen LogP contribution in [0, 0.1) is 12.8 Å². The Kier molecular flexibility index (Phi) is 18.4. The summed E-state index contributed by atoms with van der Waals surface area (Å²) in [4.78, 5) is 23.0. The molecule has 0 spiro atoms. The molecule has 1 saturated heterocycles. The second-order valence-corrected chi connectivity index (χ2v) is 14.7. The van der Waals surface area contributed by atoms with E-state index in [-0.39, 0.29) is 5.91 Å².